The number of hydrogen-bond donors (Lipinski definition) is 5. The molecule has 2 atom stereocenters. The van der Waals surface area contributed by atoms with Crippen LogP contribution >= 0.6 is 0 Å². The fourth-order valence-corrected chi connectivity index (χ4v) is 3.37. The van der Waals surface area contributed by atoms with E-state index in [9.17, 15) is 9.59 Å². The lowest BCUT2D eigenvalue weighted by atomic mass is 9.93. The molecule has 8 nitrogen and oxygen atoms in total. The van der Waals surface area contributed by atoms with Crippen molar-refractivity contribution >= 4 is 22.7 Å². The number of H-pyrrole nitrogens is 1. The van der Waals surface area contributed by atoms with Crippen LogP contribution in [0.4, 0.5) is 0 Å². The summed E-state index contributed by atoms with van der Waals surface area (Å²) in [6.07, 6.45) is 3.36. The molecule has 2 amide bonds. The molecular weight excluding hydrogens is 360 g/mol. The predicted octanol–water partition coefficient (Wildman–Crippen LogP) is 1.90. The molecule has 1 heterocycles. The van der Waals surface area contributed by atoms with Gasteiger partial charge in [-0.05, 0) is 30.4 Å². The van der Waals surface area contributed by atoms with Crippen molar-refractivity contribution in [3.63, 3.8) is 0 Å². The van der Waals surface area contributed by atoms with Gasteiger partial charge >= 0.3 is 0 Å². The SMILES string of the molecule is CNC(=O)[C@H](Cc1c[nH]c2ccccc12)NC(=O)[C@@H](CCONO)CC(C)C. The van der Waals surface area contributed by atoms with Crippen LogP contribution in [0.3, 0.4) is 0 Å². The molecule has 0 bridgehead atoms. The number of carbonyl (C=O) groups excluding carboxylic acids is 2. The van der Waals surface area contributed by atoms with E-state index in [0.717, 1.165) is 16.5 Å². The van der Waals surface area contributed by atoms with Crippen LogP contribution in [0.2, 0.25) is 0 Å². The van der Waals surface area contributed by atoms with Gasteiger partial charge in [-0.25, -0.2) is 0 Å². The first-order valence-electron chi connectivity index (χ1n) is 9.54. The van der Waals surface area contributed by atoms with Gasteiger partial charge in [-0.15, -0.1) is 0 Å². The first-order valence-corrected chi connectivity index (χ1v) is 9.54. The zero-order chi connectivity index (χ0) is 20.5. The Morgan fingerprint density at radius 1 is 1.21 bits per heavy atom. The van der Waals surface area contributed by atoms with E-state index in [0.29, 0.717) is 25.2 Å². The standard InChI is InChI=1S/C20H30N4O4/c1-13(2)10-14(8-9-28-24-27)19(25)23-18(20(26)21-3)11-15-12-22-17-7-5-4-6-16(15)17/h4-7,12-14,18,22,24,27H,8-11H2,1-3H3,(H,21,26)(H,23,25)/t14-,18-/m0/s1. The molecule has 0 aliphatic carbocycles. The summed E-state index contributed by atoms with van der Waals surface area (Å²) in [7, 11) is 1.56. The van der Waals surface area contributed by atoms with Gasteiger partial charge in [0, 0.05) is 36.5 Å². The van der Waals surface area contributed by atoms with E-state index in [1.54, 1.807) is 12.7 Å². The Hall–Kier alpha value is -2.42. The second-order valence-corrected chi connectivity index (χ2v) is 7.29. The number of hydrogen-bond acceptors (Lipinski definition) is 5. The maximum atomic E-state index is 12.9. The van der Waals surface area contributed by atoms with E-state index < -0.39 is 6.04 Å². The molecule has 0 saturated heterocycles. The minimum Gasteiger partial charge on any atom is -0.361 e. The Morgan fingerprint density at radius 2 is 1.96 bits per heavy atom. The van der Waals surface area contributed by atoms with Gasteiger partial charge in [-0.1, -0.05) is 37.7 Å². The van der Waals surface area contributed by atoms with E-state index in [-0.39, 0.29) is 24.3 Å². The molecule has 0 radical (unpaired) electrons. The molecule has 0 fully saturated rings. The van der Waals surface area contributed by atoms with Crippen LogP contribution in [-0.4, -0.2) is 41.7 Å². The second kappa shape index (κ2) is 10.8. The normalized spacial score (nSPS) is 13.5. The minimum atomic E-state index is -0.678. The number of aromatic nitrogens is 1. The molecule has 0 aliphatic heterocycles. The van der Waals surface area contributed by atoms with E-state index in [1.165, 1.54) is 0 Å². The smallest absolute Gasteiger partial charge is 0.242 e. The lowest BCUT2D eigenvalue weighted by molar-refractivity contribution is -0.138. The zero-order valence-electron chi connectivity index (χ0n) is 16.6. The van der Waals surface area contributed by atoms with E-state index in [4.69, 9.17) is 10.0 Å². The van der Waals surface area contributed by atoms with Crippen LogP contribution in [0.15, 0.2) is 30.5 Å². The summed E-state index contributed by atoms with van der Waals surface area (Å²) in [5.74, 6) is -0.438. The summed E-state index contributed by atoms with van der Waals surface area (Å²) >= 11 is 0. The van der Waals surface area contributed by atoms with Crippen molar-refractivity contribution in [1.82, 2.24) is 21.3 Å². The molecule has 154 valence electrons. The number of nitrogens with one attached hydrogen (secondary N) is 4. The molecule has 0 unspecified atom stereocenters. The van der Waals surface area contributed by atoms with E-state index in [2.05, 4.69) is 15.6 Å². The summed E-state index contributed by atoms with van der Waals surface area (Å²) in [4.78, 5) is 33.2. The third-order valence-corrected chi connectivity index (χ3v) is 4.74. The molecule has 8 heteroatoms. The number of fused-ring (bicyclic) bond motifs is 1. The summed E-state index contributed by atoms with van der Waals surface area (Å²) < 4.78 is 0. The van der Waals surface area contributed by atoms with Crippen LogP contribution in [-0.2, 0) is 20.8 Å². The largest absolute Gasteiger partial charge is 0.361 e. The summed E-state index contributed by atoms with van der Waals surface area (Å²) in [5, 5.41) is 15.1. The topological polar surface area (TPSA) is 115 Å². The minimum absolute atomic E-state index is 0.189. The van der Waals surface area contributed by atoms with E-state index >= 15 is 0 Å². The van der Waals surface area contributed by atoms with Crippen LogP contribution in [0, 0.1) is 11.8 Å². The van der Waals surface area contributed by atoms with Crippen LogP contribution in [0.5, 0.6) is 0 Å². The third kappa shape index (κ3) is 6.05. The molecular formula is C20H30N4O4. The molecule has 5 N–H and O–H groups in total. The van der Waals surface area contributed by atoms with Crippen LogP contribution in [0.25, 0.3) is 10.9 Å². The zero-order valence-corrected chi connectivity index (χ0v) is 16.6. The Balaban J connectivity index is 2.13. The predicted molar refractivity (Wildman–Crippen MR) is 106 cm³/mol. The van der Waals surface area contributed by atoms with Gasteiger partial charge in [0.2, 0.25) is 11.8 Å². The number of amides is 2. The summed E-state index contributed by atoms with van der Waals surface area (Å²) in [5.41, 5.74) is 3.59. The average Bonchev–Trinajstić information content (AvgIpc) is 3.09. The lowest BCUT2D eigenvalue weighted by Gasteiger charge is -2.23. The average molecular weight is 390 g/mol. The Kier molecular flexibility index (Phi) is 8.43. The Morgan fingerprint density at radius 3 is 2.64 bits per heavy atom. The molecule has 0 aliphatic rings. The second-order valence-electron chi connectivity index (χ2n) is 7.29. The lowest BCUT2D eigenvalue weighted by Crippen LogP contribution is -2.49. The molecule has 1 aromatic carbocycles. The highest BCUT2D eigenvalue weighted by atomic mass is 16.8. The Labute approximate surface area is 164 Å². The van der Waals surface area contributed by atoms with Gasteiger partial charge in [0.15, 0.2) is 0 Å². The molecule has 0 saturated carbocycles. The highest BCUT2D eigenvalue weighted by Crippen LogP contribution is 2.20. The number of rotatable bonds is 11. The fraction of sp³-hybridized carbons (Fsp3) is 0.500. The fourth-order valence-electron chi connectivity index (χ4n) is 3.37. The molecule has 2 rings (SSSR count). The maximum absolute atomic E-state index is 12.9. The van der Waals surface area contributed by atoms with Crippen molar-refractivity contribution in [2.75, 3.05) is 13.7 Å². The van der Waals surface area contributed by atoms with Crippen molar-refractivity contribution in [3.8, 4) is 0 Å². The van der Waals surface area contributed by atoms with Gasteiger partial charge in [-0.2, -0.15) is 0 Å². The van der Waals surface area contributed by atoms with Crippen molar-refractivity contribution < 1.29 is 19.6 Å². The molecule has 1 aromatic heterocycles. The van der Waals surface area contributed by atoms with Crippen molar-refractivity contribution in [2.24, 2.45) is 11.8 Å². The van der Waals surface area contributed by atoms with Gasteiger partial charge < -0.3 is 15.6 Å². The number of aromatic amines is 1. The third-order valence-electron chi connectivity index (χ3n) is 4.74. The van der Waals surface area contributed by atoms with Crippen molar-refractivity contribution in [3.05, 3.63) is 36.0 Å². The van der Waals surface area contributed by atoms with Gasteiger partial charge in [0.1, 0.15) is 6.04 Å². The first kappa shape index (κ1) is 21.9. The number of likely N-dealkylation sites (N-methyl/N-ethyl adjacent to an activating group) is 1. The number of benzene rings is 1. The van der Waals surface area contributed by atoms with Gasteiger partial charge in [0.25, 0.3) is 0 Å². The maximum Gasteiger partial charge on any atom is 0.242 e. The van der Waals surface area contributed by atoms with E-state index in [1.807, 2.05) is 44.3 Å². The van der Waals surface area contributed by atoms with Crippen molar-refractivity contribution in [1.29, 1.82) is 0 Å². The number of carbonyl (C=O) groups is 2. The Bertz CT molecular complexity index is 774. The summed E-state index contributed by atoms with van der Waals surface area (Å²) in [6.45, 7) is 4.26. The highest BCUT2D eigenvalue weighted by Gasteiger charge is 2.26. The van der Waals surface area contributed by atoms with Gasteiger partial charge in [-0.3, -0.25) is 19.6 Å². The molecule has 2 aromatic rings. The van der Waals surface area contributed by atoms with Crippen molar-refractivity contribution in [2.45, 2.75) is 39.2 Å². The van der Waals surface area contributed by atoms with Gasteiger partial charge in [0.05, 0.1) is 6.61 Å². The van der Waals surface area contributed by atoms with Crippen LogP contribution < -0.4 is 16.3 Å². The first-order chi connectivity index (χ1) is 13.5. The molecule has 0 spiro atoms. The monoisotopic (exact) mass is 390 g/mol. The quantitative estimate of drug-likeness (QED) is 0.297. The molecule has 28 heavy (non-hydrogen) atoms. The summed E-state index contributed by atoms with van der Waals surface area (Å²) in [6, 6.07) is 7.18. The van der Waals surface area contributed by atoms with Crippen LogP contribution in [0.1, 0.15) is 32.3 Å². The highest BCUT2D eigenvalue weighted by molar-refractivity contribution is 5.90. The number of para-hydroxylation sites is 1.